The van der Waals surface area contributed by atoms with Crippen molar-refractivity contribution in [2.45, 2.75) is 45.7 Å². The predicted molar refractivity (Wildman–Crippen MR) is 140 cm³/mol. The van der Waals surface area contributed by atoms with E-state index in [0.717, 1.165) is 30.2 Å². The summed E-state index contributed by atoms with van der Waals surface area (Å²) in [4.78, 5) is 7.06. The number of thiocarbonyl (C=S) groups is 1. The minimum Gasteiger partial charge on any atom is -0.352 e. The van der Waals surface area contributed by atoms with Gasteiger partial charge in [-0.15, -0.1) is 0 Å². The van der Waals surface area contributed by atoms with Gasteiger partial charge in [0, 0.05) is 29.5 Å². The van der Waals surface area contributed by atoms with Crippen LogP contribution >= 0.6 is 12.2 Å². The highest BCUT2D eigenvalue weighted by molar-refractivity contribution is 7.80. The quantitative estimate of drug-likeness (QED) is 0.341. The van der Waals surface area contributed by atoms with E-state index in [1.54, 1.807) is 0 Å². The molecule has 0 bridgehead atoms. The van der Waals surface area contributed by atoms with Crippen molar-refractivity contribution < 1.29 is 0 Å². The van der Waals surface area contributed by atoms with Gasteiger partial charge < -0.3 is 14.8 Å². The molecular formula is C28H30N4S. The number of unbranched alkanes of at least 4 members (excludes halogenated alkanes) is 1. The number of hydrogen-bond acceptors (Lipinski definition) is 2. The Bertz CT molecular complexity index is 1290. The van der Waals surface area contributed by atoms with Crippen LogP contribution in [0.25, 0.3) is 16.5 Å². The Labute approximate surface area is 201 Å². The van der Waals surface area contributed by atoms with Crippen molar-refractivity contribution in [2.75, 3.05) is 6.54 Å². The van der Waals surface area contributed by atoms with Crippen LogP contribution in [0.2, 0.25) is 0 Å². The Morgan fingerprint density at radius 1 is 1.00 bits per heavy atom. The van der Waals surface area contributed by atoms with Crippen LogP contribution in [-0.2, 0) is 0 Å². The second-order valence-corrected chi connectivity index (χ2v) is 9.22. The molecule has 4 nitrogen and oxygen atoms in total. The molecule has 1 saturated heterocycles. The molecule has 33 heavy (non-hydrogen) atoms. The molecule has 0 aliphatic carbocycles. The molecular weight excluding hydrogens is 424 g/mol. The van der Waals surface area contributed by atoms with Gasteiger partial charge in [-0.25, -0.2) is 0 Å². The Morgan fingerprint density at radius 2 is 1.79 bits per heavy atom. The average molecular weight is 455 g/mol. The van der Waals surface area contributed by atoms with E-state index in [0.29, 0.717) is 0 Å². The number of rotatable bonds is 6. The lowest BCUT2D eigenvalue weighted by Crippen LogP contribution is -2.30. The molecule has 5 rings (SSSR count). The first-order valence-corrected chi connectivity index (χ1v) is 12.2. The van der Waals surface area contributed by atoms with E-state index in [-0.39, 0.29) is 12.1 Å². The van der Waals surface area contributed by atoms with Crippen LogP contribution in [-0.4, -0.2) is 26.1 Å². The van der Waals surface area contributed by atoms with Gasteiger partial charge in [0.05, 0.1) is 23.5 Å². The van der Waals surface area contributed by atoms with E-state index in [2.05, 4.69) is 101 Å². The maximum atomic E-state index is 5.83. The van der Waals surface area contributed by atoms with Gasteiger partial charge >= 0.3 is 0 Å². The van der Waals surface area contributed by atoms with Gasteiger partial charge in [-0.3, -0.25) is 4.98 Å². The van der Waals surface area contributed by atoms with Gasteiger partial charge in [-0.1, -0.05) is 55.8 Å². The van der Waals surface area contributed by atoms with Gasteiger partial charge in [0.15, 0.2) is 5.11 Å². The van der Waals surface area contributed by atoms with Gasteiger partial charge in [0.25, 0.3) is 0 Å². The Kier molecular flexibility index (Phi) is 5.90. The van der Waals surface area contributed by atoms with Crippen molar-refractivity contribution >= 4 is 28.1 Å². The summed E-state index contributed by atoms with van der Waals surface area (Å²) in [6, 6.07) is 23.7. The number of hydrogen-bond donors (Lipinski definition) is 1. The molecule has 2 aromatic heterocycles. The monoisotopic (exact) mass is 454 g/mol. The smallest absolute Gasteiger partial charge is 0.170 e. The first kappa shape index (κ1) is 21.7. The summed E-state index contributed by atoms with van der Waals surface area (Å²) in [6.45, 7) is 7.60. The molecule has 2 aromatic carbocycles. The van der Waals surface area contributed by atoms with Crippen LogP contribution < -0.4 is 5.32 Å². The van der Waals surface area contributed by atoms with E-state index in [1.807, 2.05) is 12.3 Å². The molecule has 168 valence electrons. The zero-order valence-corrected chi connectivity index (χ0v) is 20.3. The van der Waals surface area contributed by atoms with E-state index < -0.39 is 0 Å². The van der Waals surface area contributed by atoms with Crippen LogP contribution in [0.4, 0.5) is 0 Å². The molecule has 3 heterocycles. The van der Waals surface area contributed by atoms with Crippen molar-refractivity contribution in [3.63, 3.8) is 0 Å². The number of aryl methyl sites for hydroxylation is 1. The van der Waals surface area contributed by atoms with E-state index in [1.165, 1.54) is 33.4 Å². The summed E-state index contributed by atoms with van der Waals surface area (Å²) in [5, 5.41) is 6.92. The predicted octanol–water partition coefficient (Wildman–Crippen LogP) is 6.41. The molecule has 4 aromatic rings. The third kappa shape index (κ3) is 3.80. The highest BCUT2D eigenvalue weighted by atomic mass is 32.1. The van der Waals surface area contributed by atoms with Gasteiger partial charge in [0.1, 0.15) is 0 Å². The zero-order valence-electron chi connectivity index (χ0n) is 19.5. The fourth-order valence-electron chi connectivity index (χ4n) is 5.17. The molecule has 5 heteroatoms. The maximum Gasteiger partial charge on any atom is 0.170 e. The molecule has 2 atom stereocenters. The third-order valence-corrected chi connectivity index (χ3v) is 7.10. The summed E-state index contributed by atoms with van der Waals surface area (Å²) in [5.41, 5.74) is 6.03. The number of nitrogens with zero attached hydrogens (tertiary/aromatic N) is 3. The molecule has 0 radical (unpaired) electrons. The van der Waals surface area contributed by atoms with Crippen LogP contribution in [0.15, 0.2) is 72.9 Å². The number of aromatic nitrogens is 2. The highest BCUT2D eigenvalue weighted by Crippen LogP contribution is 2.42. The fraction of sp³-hybridized carbons (Fsp3) is 0.286. The molecule has 1 aliphatic rings. The molecule has 0 unspecified atom stereocenters. The second kappa shape index (κ2) is 8.99. The summed E-state index contributed by atoms with van der Waals surface area (Å²) >= 11 is 5.83. The van der Waals surface area contributed by atoms with Gasteiger partial charge in [-0.05, 0) is 67.7 Å². The second-order valence-electron chi connectivity index (χ2n) is 8.83. The molecule has 0 saturated carbocycles. The lowest BCUT2D eigenvalue weighted by atomic mass is 9.96. The van der Waals surface area contributed by atoms with Gasteiger partial charge in [-0.2, -0.15) is 0 Å². The van der Waals surface area contributed by atoms with Crippen LogP contribution in [0.5, 0.6) is 0 Å². The number of benzene rings is 2. The van der Waals surface area contributed by atoms with E-state index in [4.69, 9.17) is 12.2 Å². The van der Waals surface area contributed by atoms with Crippen molar-refractivity contribution in [2.24, 2.45) is 0 Å². The largest absolute Gasteiger partial charge is 0.352 e. The summed E-state index contributed by atoms with van der Waals surface area (Å²) in [5.74, 6) is 0. The zero-order chi connectivity index (χ0) is 22.9. The van der Waals surface area contributed by atoms with Gasteiger partial charge in [0.2, 0.25) is 0 Å². The number of fused-ring (bicyclic) bond motifs is 1. The van der Waals surface area contributed by atoms with Crippen LogP contribution in [0.3, 0.4) is 0 Å². The fourth-order valence-corrected chi connectivity index (χ4v) is 5.51. The molecule has 1 fully saturated rings. The molecule has 0 amide bonds. The molecule has 1 aliphatic heterocycles. The Morgan fingerprint density at radius 3 is 2.58 bits per heavy atom. The maximum absolute atomic E-state index is 5.83. The lowest BCUT2D eigenvalue weighted by molar-refractivity contribution is 0.312. The summed E-state index contributed by atoms with van der Waals surface area (Å²) in [7, 11) is 0. The first-order chi connectivity index (χ1) is 16.1. The average Bonchev–Trinajstić information content (AvgIpc) is 3.32. The minimum atomic E-state index is 0.0250. The van der Waals surface area contributed by atoms with Crippen molar-refractivity contribution in [1.29, 1.82) is 0 Å². The molecule has 0 spiro atoms. The topological polar surface area (TPSA) is 33.1 Å². The van der Waals surface area contributed by atoms with Crippen LogP contribution in [0.1, 0.15) is 54.5 Å². The van der Waals surface area contributed by atoms with E-state index >= 15 is 0 Å². The van der Waals surface area contributed by atoms with E-state index in [9.17, 15) is 0 Å². The Balaban J connectivity index is 1.66. The highest BCUT2D eigenvalue weighted by Gasteiger charge is 2.41. The van der Waals surface area contributed by atoms with Crippen molar-refractivity contribution in [3.05, 3.63) is 95.6 Å². The lowest BCUT2D eigenvalue weighted by Gasteiger charge is -2.28. The van der Waals surface area contributed by atoms with Crippen molar-refractivity contribution in [1.82, 2.24) is 19.8 Å². The number of pyridine rings is 1. The normalized spacial score (nSPS) is 18.2. The standard InChI is InChI=1S/C28H30N4S/c1-4-5-17-31-27(26(30-28(31)33)24-14-8-9-16-29-24)23-18-19(2)32(20(23)3)25-15-10-12-21-11-6-7-13-22(21)25/h6-16,18,26-27H,4-5,17H2,1-3H3,(H,30,33)/t26-,27-/m0/s1. The summed E-state index contributed by atoms with van der Waals surface area (Å²) < 4.78 is 2.40. The molecule has 1 N–H and O–H groups in total. The Hall–Kier alpha value is -3.18. The third-order valence-electron chi connectivity index (χ3n) is 6.75. The summed E-state index contributed by atoms with van der Waals surface area (Å²) in [6.07, 6.45) is 4.11. The SMILES string of the molecule is CCCCN1C(=S)N[C@@H](c2ccccn2)[C@@H]1c1cc(C)n(-c2cccc3ccccc23)c1C. The minimum absolute atomic E-state index is 0.0250. The number of nitrogens with one attached hydrogen (secondary N) is 1. The first-order valence-electron chi connectivity index (χ1n) is 11.7. The van der Waals surface area contributed by atoms with Crippen molar-refractivity contribution in [3.8, 4) is 5.69 Å². The van der Waals surface area contributed by atoms with Crippen LogP contribution in [0, 0.1) is 13.8 Å².